The Bertz CT molecular complexity index is 819. The Morgan fingerprint density at radius 1 is 1.32 bits per heavy atom. The number of fused-ring (bicyclic) bond motifs is 2. The molecule has 0 spiro atoms. The number of likely N-dealkylation sites (N-methyl/N-ethyl adjacent to an activating group) is 1. The third kappa shape index (κ3) is 4.19. The maximum atomic E-state index is 12.7. The van der Waals surface area contributed by atoms with Crippen LogP contribution in [0.15, 0.2) is 23.0 Å². The van der Waals surface area contributed by atoms with Crippen LogP contribution in [-0.4, -0.2) is 35.1 Å². The molecule has 2 N–H and O–H groups in total. The van der Waals surface area contributed by atoms with Crippen molar-refractivity contribution >= 4 is 29.2 Å². The Kier molecular flexibility index (Phi) is 6.56. The van der Waals surface area contributed by atoms with E-state index in [0.29, 0.717) is 23.0 Å². The lowest BCUT2D eigenvalue weighted by Crippen LogP contribution is -2.37. The summed E-state index contributed by atoms with van der Waals surface area (Å²) in [6.07, 6.45) is 4.02. The Balaban J connectivity index is 0.00000225. The number of carbonyl (C=O) groups is 1. The quantitative estimate of drug-likeness (QED) is 0.868. The molecule has 1 atom stereocenters. The van der Waals surface area contributed by atoms with E-state index in [1.807, 2.05) is 14.0 Å². The average Bonchev–Trinajstić information content (AvgIpc) is 2.84. The second kappa shape index (κ2) is 8.45. The predicted molar refractivity (Wildman–Crippen MR) is 102 cm³/mol. The SMILES string of the molecule is CNC(C)CNC(=O)c1ccc2c(=O)n3c(nc2c1)CCCCC3.Cl. The molecule has 1 aliphatic heterocycles. The lowest BCUT2D eigenvalue weighted by atomic mass is 10.1. The van der Waals surface area contributed by atoms with Crippen LogP contribution in [0.1, 0.15) is 42.4 Å². The first-order valence-corrected chi connectivity index (χ1v) is 8.59. The number of rotatable bonds is 4. The van der Waals surface area contributed by atoms with Crippen LogP contribution in [0, 0.1) is 0 Å². The van der Waals surface area contributed by atoms with E-state index >= 15 is 0 Å². The van der Waals surface area contributed by atoms with E-state index in [9.17, 15) is 9.59 Å². The van der Waals surface area contributed by atoms with Crippen LogP contribution < -0.4 is 16.2 Å². The number of nitrogens with one attached hydrogen (secondary N) is 2. The monoisotopic (exact) mass is 364 g/mol. The van der Waals surface area contributed by atoms with Crippen LogP contribution in [0.2, 0.25) is 0 Å². The number of hydrogen-bond acceptors (Lipinski definition) is 4. The molecular weight excluding hydrogens is 340 g/mol. The fraction of sp³-hybridized carbons (Fsp3) is 0.500. The fourth-order valence-electron chi connectivity index (χ4n) is 3.01. The summed E-state index contributed by atoms with van der Waals surface area (Å²) in [4.78, 5) is 29.6. The van der Waals surface area contributed by atoms with Gasteiger partial charge >= 0.3 is 0 Å². The predicted octanol–water partition coefficient (Wildman–Crippen LogP) is 1.88. The van der Waals surface area contributed by atoms with Gasteiger partial charge in [0.05, 0.1) is 10.9 Å². The molecule has 2 heterocycles. The maximum Gasteiger partial charge on any atom is 0.261 e. The summed E-state index contributed by atoms with van der Waals surface area (Å²) in [5, 5.41) is 6.55. The molecule has 25 heavy (non-hydrogen) atoms. The van der Waals surface area contributed by atoms with Gasteiger partial charge in [0.1, 0.15) is 5.82 Å². The van der Waals surface area contributed by atoms with Crippen molar-refractivity contribution in [2.24, 2.45) is 0 Å². The van der Waals surface area contributed by atoms with Crippen LogP contribution in [0.3, 0.4) is 0 Å². The molecule has 7 heteroatoms. The van der Waals surface area contributed by atoms with Gasteiger partial charge in [-0.2, -0.15) is 0 Å². The Hall–Kier alpha value is -1.92. The molecule has 1 aromatic heterocycles. The molecule has 0 radical (unpaired) electrons. The number of halogens is 1. The fourth-order valence-corrected chi connectivity index (χ4v) is 3.01. The maximum absolute atomic E-state index is 12.7. The van der Waals surface area contributed by atoms with Crippen LogP contribution in [-0.2, 0) is 13.0 Å². The van der Waals surface area contributed by atoms with E-state index in [4.69, 9.17) is 0 Å². The summed E-state index contributed by atoms with van der Waals surface area (Å²) in [5.74, 6) is 0.696. The summed E-state index contributed by atoms with van der Waals surface area (Å²) in [6.45, 7) is 3.29. The zero-order valence-corrected chi connectivity index (χ0v) is 15.5. The third-order valence-corrected chi connectivity index (χ3v) is 4.64. The zero-order chi connectivity index (χ0) is 17.1. The topological polar surface area (TPSA) is 76.0 Å². The Labute approximate surface area is 153 Å². The first kappa shape index (κ1) is 19.4. The van der Waals surface area contributed by atoms with Gasteiger partial charge in [0.2, 0.25) is 0 Å². The highest BCUT2D eigenvalue weighted by Crippen LogP contribution is 2.16. The molecule has 2 aromatic rings. The molecule has 0 bridgehead atoms. The van der Waals surface area contributed by atoms with Gasteiger partial charge in [-0.05, 0) is 45.0 Å². The van der Waals surface area contributed by atoms with Gasteiger partial charge in [-0.15, -0.1) is 12.4 Å². The minimum atomic E-state index is -0.143. The van der Waals surface area contributed by atoms with Gasteiger partial charge in [-0.1, -0.05) is 6.42 Å². The van der Waals surface area contributed by atoms with Crippen LogP contribution in [0.4, 0.5) is 0 Å². The lowest BCUT2D eigenvalue weighted by Gasteiger charge is -2.13. The lowest BCUT2D eigenvalue weighted by molar-refractivity contribution is 0.0950. The van der Waals surface area contributed by atoms with Crippen molar-refractivity contribution in [2.75, 3.05) is 13.6 Å². The molecule has 136 valence electrons. The van der Waals surface area contributed by atoms with Gasteiger partial charge in [0, 0.05) is 31.1 Å². The third-order valence-electron chi connectivity index (χ3n) is 4.64. The molecule has 3 rings (SSSR count). The number of carbonyl (C=O) groups excluding carboxylic acids is 1. The minimum absolute atomic E-state index is 0. The molecule has 0 saturated carbocycles. The average molecular weight is 365 g/mol. The second-order valence-electron chi connectivity index (χ2n) is 6.43. The van der Waals surface area contributed by atoms with Crippen molar-refractivity contribution in [1.29, 1.82) is 0 Å². The minimum Gasteiger partial charge on any atom is -0.350 e. The summed E-state index contributed by atoms with van der Waals surface area (Å²) in [5.41, 5.74) is 1.16. The number of nitrogens with zero attached hydrogens (tertiary/aromatic N) is 2. The molecule has 6 nitrogen and oxygen atoms in total. The highest BCUT2D eigenvalue weighted by molar-refractivity contribution is 5.97. The molecule has 0 saturated heterocycles. The summed E-state index contributed by atoms with van der Waals surface area (Å²) in [7, 11) is 1.86. The van der Waals surface area contributed by atoms with E-state index < -0.39 is 0 Å². The van der Waals surface area contributed by atoms with Crippen LogP contribution in [0.5, 0.6) is 0 Å². The summed E-state index contributed by atoms with van der Waals surface area (Å²) in [6, 6.07) is 5.35. The smallest absolute Gasteiger partial charge is 0.261 e. The van der Waals surface area contributed by atoms with E-state index in [1.54, 1.807) is 22.8 Å². The molecular formula is C18H25ClN4O2. The highest BCUT2D eigenvalue weighted by Gasteiger charge is 2.15. The number of hydrogen-bond donors (Lipinski definition) is 2. The van der Waals surface area contributed by atoms with E-state index in [1.165, 1.54) is 0 Å². The van der Waals surface area contributed by atoms with Gasteiger partial charge < -0.3 is 10.6 Å². The van der Waals surface area contributed by atoms with Crippen molar-refractivity contribution in [3.63, 3.8) is 0 Å². The molecule has 0 aliphatic carbocycles. The zero-order valence-electron chi connectivity index (χ0n) is 14.7. The van der Waals surface area contributed by atoms with Gasteiger partial charge in [0.25, 0.3) is 11.5 Å². The molecule has 1 aromatic carbocycles. The summed E-state index contributed by atoms with van der Waals surface area (Å²) < 4.78 is 1.80. The van der Waals surface area contributed by atoms with Gasteiger partial charge in [0.15, 0.2) is 0 Å². The Morgan fingerprint density at radius 2 is 2.12 bits per heavy atom. The first-order valence-electron chi connectivity index (χ1n) is 8.59. The van der Waals surface area contributed by atoms with E-state index in [2.05, 4.69) is 15.6 Å². The number of benzene rings is 1. The summed E-state index contributed by atoms with van der Waals surface area (Å²) >= 11 is 0. The van der Waals surface area contributed by atoms with Crippen LogP contribution >= 0.6 is 12.4 Å². The number of amides is 1. The largest absolute Gasteiger partial charge is 0.350 e. The van der Waals surface area contributed by atoms with E-state index in [-0.39, 0.29) is 29.9 Å². The van der Waals surface area contributed by atoms with Crippen molar-refractivity contribution in [3.8, 4) is 0 Å². The van der Waals surface area contributed by atoms with Gasteiger partial charge in [-0.3, -0.25) is 14.2 Å². The molecule has 1 aliphatic rings. The Morgan fingerprint density at radius 3 is 2.88 bits per heavy atom. The van der Waals surface area contributed by atoms with E-state index in [0.717, 1.165) is 38.1 Å². The number of aromatic nitrogens is 2. The van der Waals surface area contributed by atoms with Crippen molar-refractivity contribution < 1.29 is 4.79 Å². The highest BCUT2D eigenvalue weighted by atomic mass is 35.5. The number of aryl methyl sites for hydroxylation is 1. The second-order valence-corrected chi connectivity index (χ2v) is 6.43. The first-order chi connectivity index (χ1) is 11.6. The normalized spacial score (nSPS) is 15.0. The van der Waals surface area contributed by atoms with Crippen molar-refractivity contribution in [1.82, 2.24) is 20.2 Å². The molecule has 0 fully saturated rings. The molecule has 1 unspecified atom stereocenters. The van der Waals surface area contributed by atoms with Crippen molar-refractivity contribution in [2.45, 2.75) is 45.2 Å². The van der Waals surface area contributed by atoms with Gasteiger partial charge in [-0.25, -0.2) is 4.98 Å². The molecule has 1 amide bonds. The van der Waals surface area contributed by atoms with Crippen molar-refractivity contribution in [3.05, 3.63) is 39.9 Å². The van der Waals surface area contributed by atoms with Crippen LogP contribution in [0.25, 0.3) is 10.9 Å². The standard InChI is InChI=1S/C18H24N4O2.ClH/c1-12(19-2)11-20-17(23)13-7-8-14-15(10-13)21-16-6-4-3-5-9-22(16)18(14)24;/h7-8,10,12,19H,3-6,9,11H2,1-2H3,(H,20,23);1H.